The Kier molecular flexibility index (Phi) is 4.37. The molecule has 0 bridgehead atoms. The van der Waals surface area contributed by atoms with Crippen LogP contribution in [-0.2, 0) is 0 Å². The van der Waals surface area contributed by atoms with Gasteiger partial charge in [0.2, 0.25) is 0 Å². The number of carbonyl (C=O) groups is 1. The Morgan fingerprint density at radius 1 is 0.900 bits per heavy atom. The van der Waals surface area contributed by atoms with Crippen molar-refractivity contribution < 1.29 is 9.21 Å². The van der Waals surface area contributed by atoms with Gasteiger partial charge in [0, 0.05) is 10.8 Å². The third-order valence-corrected chi connectivity index (χ3v) is 5.05. The molecule has 5 aromatic rings. The Bertz CT molecular complexity index is 1390. The van der Waals surface area contributed by atoms with E-state index in [1.165, 1.54) is 0 Å². The lowest BCUT2D eigenvalue weighted by atomic mass is 10.0. The first kappa shape index (κ1) is 17.9. The highest BCUT2D eigenvalue weighted by atomic mass is 16.3. The summed E-state index contributed by atoms with van der Waals surface area (Å²) in [5, 5.41) is 11.3. The second kappa shape index (κ2) is 7.33. The predicted molar refractivity (Wildman–Crippen MR) is 114 cm³/mol. The van der Waals surface area contributed by atoms with Crippen molar-refractivity contribution in [1.29, 1.82) is 0 Å². The van der Waals surface area contributed by atoms with Gasteiger partial charge in [-0.25, -0.2) is 5.10 Å². The second-order valence-corrected chi connectivity index (χ2v) is 6.95. The summed E-state index contributed by atoms with van der Waals surface area (Å²) in [5.74, 6) is 0.209. The van der Waals surface area contributed by atoms with Gasteiger partial charge in [-0.3, -0.25) is 9.59 Å². The zero-order chi connectivity index (χ0) is 20.5. The van der Waals surface area contributed by atoms with Crippen LogP contribution in [0.3, 0.4) is 0 Å². The lowest BCUT2D eigenvalue weighted by Crippen LogP contribution is -2.31. The van der Waals surface area contributed by atoms with Crippen LogP contribution in [0, 0.1) is 0 Å². The molecule has 6 nitrogen and oxygen atoms in total. The van der Waals surface area contributed by atoms with E-state index in [9.17, 15) is 9.59 Å². The highest BCUT2D eigenvalue weighted by Gasteiger charge is 2.23. The van der Waals surface area contributed by atoms with Gasteiger partial charge in [0.05, 0.1) is 5.39 Å². The number of rotatable bonds is 4. The van der Waals surface area contributed by atoms with Crippen LogP contribution in [0.1, 0.15) is 27.9 Å². The van der Waals surface area contributed by atoms with Gasteiger partial charge in [0.1, 0.15) is 17.4 Å². The molecule has 2 aromatic heterocycles. The molecule has 146 valence electrons. The van der Waals surface area contributed by atoms with Gasteiger partial charge < -0.3 is 9.73 Å². The van der Waals surface area contributed by atoms with Crippen LogP contribution in [0.4, 0.5) is 0 Å². The minimum atomic E-state index is -0.515. The Balaban J connectivity index is 1.59. The van der Waals surface area contributed by atoms with Crippen LogP contribution < -0.4 is 10.9 Å². The maximum Gasteiger partial charge on any atom is 0.273 e. The van der Waals surface area contributed by atoms with Crippen LogP contribution in [0.25, 0.3) is 21.7 Å². The Labute approximate surface area is 171 Å². The van der Waals surface area contributed by atoms with Crippen LogP contribution >= 0.6 is 0 Å². The number of aromatic amines is 1. The SMILES string of the molecule is O=C(NC(c1ccccc1)c1cc2ccccc2o1)c1n[nH]c(=O)c2ccccc12. The number of aromatic nitrogens is 2. The molecule has 0 aliphatic rings. The summed E-state index contributed by atoms with van der Waals surface area (Å²) in [5.41, 5.74) is 1.44. The van der Waals surface area contributed by atoms with E-state index >= 15 is 0 Å². The average Bonchev–Trinajstić information content (AvgIpc) is 3.22. The topological polar surface area (TPSA) is 88.0 Å². The van der Waals surface area contributed by atoms with Crippen molar-refractivity contribution in [2.45, 2.75) is 6.04 Å². The number of para-hydroxylation sites is 1. The highest BCUT2D eigenvalue weighted by Crippen LogP contribution is 2.28. The monoisotopic (exact) mass is 395 g/mol. The Morgan fingerprint density at radius 2 is 1.60 bits per heavy atom. The Morgan fingerprint density at radius 3 is 2.40 bits per heavy atom. The number of carbonyl (C=O) groups excluding carboxylic acids is 1. The molecule has 5 rings (SSSR count). The molecular formula is C24H17N3O3. The maximum atomic E-state index is 13.2. The number of fused-ring (bicyclic) bond motifs is 2. The zero-order valence-electron chi connectivity index (χ0n) is 15.8. The van der Waals surface area contributed by atoms with E-state index in [0.717, 1.165) is 16.5 Å². The van der Waals surface area contributed by atoms with Crippen molar-refractivity contribution in [2.24, 2.45) is 0 Å². The van der Waals surface area contributed by atoms with Crippen LogP contribution in [-0.4, -0.2) is 16.1 Å². The van der Waals surface area contributed by atoms with Crippen molar-refractivity contribution in [1.82, 2.24) is 15.5 Å². The summed E-state index contributed by atoms with van der Waals surface area (Å²) in [6, 6.07) is 25.6. The van der Waals surface area contributed by atoms with Crippen molar-refractivity contribution in [2.75, 3.05) is 0 Å². The molecule has 30 heavy (non-hydrogen) atoms. The summed E-state index contributed by atoms with van der Waals surface area (Å²) in [6.07, 6.45) is 0. The van der Waals surface area contributed by atoms with Gasteiger partial charge in [-0.05, 0) is 23.8 Å². The normalized spacial score (nSPS) is 12.1. The van der Waals surface area contributed by atoms with E-state index in [0.29, 0.717) is 16.5 Å². The number of nitrogens with one attached hydrogen (secondary N) is 2. The van der Waals surface area contributed by atoms with Crippen molar-refractivity contribution in [3.05, 3.63) is 112 Å². The molecule has 2 heterocycles. The van der Waals surface area contributed by atoms with Crippen LogP contribution in [0.15, 0.2) is 94.1 Å². The number of furan rings is 1. The molecule has 0 aliphatic carbocycles. The molecule has 0 spiro atoms. The molecule has 0 saturated carbocycles. The first-order chi connectivity index (χ1) is 14.7. The molecule has 6 heteroatoms. The maximum absolute atomic E-state index is 13.2. The van der Waals surface area contributed by atoms with Crippen molar-refractivity contribution >= 4 is 27.6 Å². The molecule has 1 atom stereocenters. The standard InChI is InChI=1S/C24H17N3O3/c28-23-18-12-6-5-11-17(18)22(26-27-23)24(29)25-21(15-8-2-1-3-9-15)20-14-16-10-4-7-13-19(16)30-20/h1-14,21H,(H,25,29)(H,27,28). The van der Waals surface area contributed by atoms with Crippen molar-refractivity contribution in [3.8, 4) is 0 Å². The summed E-state index contributed by atoms with van der Waals surface area (Å²) in [6.45, 7) is 0. The summed E-state index contributed by atoms with van der Waals surface area (Å²) in [4.78, 5) is 25.3. The average molecular weight is 395 g/mol. The second-order valence-electron chi connectivity index (χ2n) is 6.95. The third kappa shape index (κ3) is 3.14. The molecule has 1 amide bonds. The summed E-state index contributed by atoms with van der Waals surface area (Å²) in [7, 11) is 0. The third-order valence-electron chi connectivity index (χ3n) is 5.05. The first-order valence-corrected chi connectivity index (χ1v) is 9.52. The van der Waals surface area contributed by atoms with Gasteiger partial charge >= 0.3 is 0 Å². The smallest absolute Gasteiger partial charge is 0.273 e. The quantitative estimate of drug-likeness (QED) is 0.478. The van der Waals surface area contributed by atoms with E-state index in [1.54, 1.807) is 24.3 Å². The number of benzene rings is 3. The summed E-state index contributed by atoms with van der Waals surface area (Å²) < 4.78 is 6.04. The number of hydrogen-bond acceptors (Lipinski definition) is 4. The van der Waals surface area contributed by atoms with Crippen LogP contribution in [0.5, 0.6) is 0 Å². The minimum Gasteiger partial charge on any atom is -0.459 e. The number of nitrogens with zero attached hydrogens (tertiary/aromatic N) is 1. The lowest BCUT2D eigenvalue weighted by Gasteiger charge is -2.17. The van der Waals surface area contributed by atoms with E-state index in [2.05, 4.69) is 15.5 Å². The number of H-pyrrole nitrogens is 1. The number of amides is 1. The fraction of sp³-hybridized carbons (Fsp3) is 0.0417. The van der Waals surface area contributed by atoms with Crippen LogP contribution in [0.2, 0.25) is 0 Å². The van der Waals surface area contributed by atoms with E-state index in [-0.39, 0.29) is 11.3 Å². The first-order valence-electron chi connectivity index (χ1n) is 9.52. The molecule has 3 aromatic carbocycles. The van der Waals surface area contributed by atoms with E-state index in [4.69, 9.17) is 4.42 Å². The van der Waals surface area contributed by atoms with Gasteiger partial charge in [-0.1, -0.05) is 66.7 Å². The molecule has 0 saturated heterocycles. The molecule has 0 radical (unpaired) electrons. The largest absolute Gasteiger partial charge is 0.459 e. The highest BCUT2D eigenvalue weighted by molar-refractivity contribution is 6.05. The zero-order valence-corrected chi connectivity index (χ0v) is 15.8. The van der Waals surface area contributed by atoms with E-state index < -0.39 is 11.9 Å². The van der Waals surface area contributed by atoms with Gasteiger partial charge in [0.15, 0.2) is 5.69 Å². The summed E-state index contributed by atoms with van der Waals surface area (Å²) >= 11 is 0. The Hall–Kier alpha value is -4.19. The molecule has 1 unspecified atom stereocenters. The van der Waals surface area contributed by atoms with Gasteiger partial charge in [-0.2, -0.15) is 5.10 Å². The molecule has 0 fully saturated rings. The fourth-order valence-electron chi connectivity index (χ4n) is 3.60. The van der Waals surface area contributed by atoms with Gasteiger partial charge in [-0.15, -0.1) is 0 Å². The molecule has 0 aliphatic heterocycles. The lowest BCUT2D eigenvalue weighted by molar-refractivity contribution is 0.0935. The molecular weight excluding hydrogens is 378 g/mol. The van der Waals surface area contributed by atoms with E-state index in [1.807, 2.05) is 60.7 Å². The van der Waals surface area contributed by atoms with Gasteiger partial charge in [0.25, 0.3) is 11.5 Å². The predicted octanol–water partition coefficient (Wildman–Crippen LogP) is 4.19. The van der Waals surface area contributed by atoms with Crippen molar-refractivity contribution in [3.63, 3.8) is 0 Å². The number of hydrogen-bond donors (Lipinski definition) is 2. The minimum absolute atomic E-state index is 0.155. The fourth-order valence-corrected chi connectivity index (χ4v) is 3.60. The molecule has 2 N–H and O–H groups in total.